The van der Waals surface area contributed by atoms with Crippen LogP contribution in [0.1, 0.15) is 42.3 Å². The molecule has 176 valence electrons. The van der Waals surface area contributed by atoms with Crippen molar-refractivity contribution in [3.8, 4) is 0 Å². The van der Waals surface area contributed by atoms with E-state index in [-0.39, 0.29) is 30.8 Å². The first kappa shape index (κ1) is 23.5. The number of carbonyl (C=O) groups is 3. The van der Waals surface area contributed by atoms with Crippen molar-refractivity contribution in [3.63, 3.8) is 0 Å². The molecule has 0 spiro atoms. The summed E-state index contributed by atoms with van der Waals surface area (Å²) >= 11 is 0. The van der Waals surface area contributed by atoms with Crippen LogP contribution in [0.15, 0.2) is 60.7 Å². The molecule has 1 N–H and O–H groups in total. The first-order valence-electron chi connectivity index (χ1n) is 11.7. The topological polar surface area (TPSA) is 69.7 Å². The van der Waals surface area contributed by atoms with Crippen molar-refractivity contribution < 1.29 is 14.4 Å². The minimum Gasteiger partial charge on any atom is -0.354 e. The number of amides is 3. The molecule has 0 aliphatic carbocycles. The summed E-state index contributed by atoms with van der Waals surface area (Å²) in [6.07, 6.45) is 0. The highest BCUT2D eigenvalue weighted by atomic mass is 16.2. The third-order valence-electron chi connectivity index (χ3n) is 6.23. The van der Waals surface area contributed by atoms with Crippen LogP contribution in [-0.2, 0) is 16.1 Å². The number of hydrogen-bond acceptors (Lipinski definition) is 3. The zero-order valence-electron chi connectivity index (χ0n) is 20.2. The predicted molar refractivity (Wildman–Crippen MR) is 135 cm³/mol. The summed E-state index contributed by atoms with van der Waals surface area (Å²) in [7, 11) is 0. The van der Waals surface area contributed by atoms with Gasteiger partial charge in [0.15, 0.2) is 0 Å². The minimum absolute atomic E-state index is 0.125. The lowest BCUT2D eigenvalue weighted by atomic mass is 10.1. The van der Waals surface area contributed by atoms with E-state index >= 15 is 0 Å². The van der Waals surface area contributed by atoms with Crippen molar-refractivity contribution in [1.29, 1.82) is 0 Å². The lowest BCUT2D eigenvalue weighted by Crippen LogP contribution is -2.51. The van der Waals surface area contributed by atoms with E-state index in [9.17, 15) is 14.4 Å². The number of nitrogens with one attached hydrogen (secondary N) is 1. The minimum atomic E-state index is -0.678. The molecule has 4 rings (SSSR count). The van der Waals surface area contributed by atoms with Crippen LogP contribution in [0.5, 0.6) is 0 Å². The molecule has 3 amide bonds. The normalized spacial score (nSPS) is 13.4. The van der Waals surface area contributed by atoms with Crippen LogP contribution in [-0.4, -0.2) is 41.8 Å². The van der Waals surface area contributed by atoms with Gasteiger partial charge in [-0.3, -0.25) is 19.3 Å². The Labute approximate surface area is 200 Å². The quantitative estimate of drug-likeness (QED) is 0.548. The van der Waals surface area contributed by atoms with E-state index < -0.39 is 6.04 Å². The lowest BCUT2D eigenvalue weighted by molar-refractivity contribution is -0.139. The molecule has 1 aliphatic rings. The molecule has 0 fully saturated rings. The van der Waals surface area contributed by atoms with Crippen LogP contribution in [0.25, 0.3) is 10.8 Å². The highest BCUT2D eigenvalue weighted by Gasteiger charge is 2.34. The van der Waals surface area contributed by atoms with Crippen LogP contribution >= 0.6 is 0 Å². The molecule has 3 aromatic rings. The zero-order valence-corrected chi connectivity index (χ0v) is 20.2. The summed E-state index contributed by atoms with van der Waals surface area (Å²) in [4.78, 5) is 42.8. The summed E-state index contributed by atoms with van der Waals surface area (Å²) < 4.78 is 0. The molecule has 0 radical (unpaired) electrons. The van der Waals surface area contributed by atoms with E-state index in [4.69, 9.17) is 0 Å². The molecular formula is C28H31N3O3. The van der Waals surface area contributed by atoms with E-state index in [1.54, 1.807) is 17.9 Å². The first-order chi connectivity index (χ1) is 16.3. The van der Waals surface area contributed by atoms with Crippen LogP contribution in [0.2, 0.25) is 0 Å². The summed E-state index contributed by atoms with van der Waals surface area (Å²) in [6, 6.07) is 18.6. The number of nitrogens with zero attached hydrogens (tertiary/aromatic N) is 2. The van der Waals surface area contributed by atoms with Gasteiger partial charge in [-0.15, -0.1) is 0 Å². The smallest absolute Gasteiger partial charge is 0.259 e. The van der Waals surface area contributed by atoms with E-state index in [1.165, 1.54) is 4.90 Å². The molecule has 0 saturated heterocycles. The largest absolute Gasteiger partial charge is 0.354 e. The Kier molecular flexibility index (Phi) is 6.68. The zero-order chi connectivity index (χ0) is 24.4. The SMILES string of the molecule is Cc1cccc(CN(C(=O)CN2C(=O)c3cccc4cccc2c34)[C@@H](C)C(=O)NCC(C)C)c1. The molecule has 0 bridgehead atoms. The summed E-state index contributed by atoms with van der Waals surface area (Å²) in [5, 5.41) is 4.77. The van der Waals surface area contributed by atoms with Crippen LogP contribution in [0, 0.1) is 12.8 Å². The van der Waals surface area contributed by atoms with Gasteiger partial charge >= 0.3 is 0 Å². The van der Waals surface area contributed by atoms with Gasteiger partial charge in [0.2, 0.25) is 11.8 Å². The molecule has 0 unspecified atom stereocenters. The fourth-order valence-corrected chi connectivity index (χ4v) is 4.40. The molecule has 1 heterocycles. The highest BCUT2D eigenvalue weighted by Crippen LogP contribution is 2.37. The molecule has 3 aromatic carbocycles. The third-order valence-corrected chi connectivity index (χ3v) is 6.23. The standard InChI is InChI=1S/C28H31N3O3/c1-18(2)15-29-27(33)20(4)30(16-21-9-5-8-19(3)14-21)25(32)17-31-24-13-7-11-22-10-6-12-23(26(22)24)28(31)34/h5-14,18,20H,15-17H2,1-4H3,(H,29,33)/t20-/m0/s1. The van der Waals surface area contributed by atoms with Gasteiger partial charge in [-0.25, -0.2) is 0 Å². The molecule has 6 nitrogen and oxygen atoms in total. The number of anilines is 1. The number of carbonyl (C=O) groups excluding carboxylic acids is 3. The summed E-state index contributed by atoms with van der Waals surface area (Å²) in [5.74, 6) is -0.356. The molecule has 0 aromatic heterocycles. The molecule has 34 heavy (non-hydrogen) atoms. The van der Waals surface area contributed by atoms with Gasteiger partial charge in [0.25, 0.3) is 5.91 Å². The maximum absolute atomic E-state index is 13.6. The van der Waals surface area contributed by atoms with Gasteiger partial charge in [-0.05, 0) is 42.8 Å². The molecule has 6 heteroatoms. The van der Waals surface area contributed by atoms with Crippen LogP contribution in [0.4, 0.5) is 5.69 Å². The van der Waals surface area contributed by atoms with E-state index in [2.05, 4.69) is 5.32 Å². The first-order valence-corrected chi connectivity index (χ1v) is 11.7. The average Bonchev–Trinajstić information content (AvgIpc) is 3.08. The Morgan fingerprint density at radius 1 is 1.00 bits per heavy atom. The van der Waals surface area contributed by atoms with E-state index in [0.717, 1.165) is 27.6 Å². The Bertz CT molecular complexity index is 1250. The van der Waals surface area contributed by atoms with Gasteiger partial charge in [0.05, 0.1) is 5.69 Å². The second-order valence-corrected chi connectivity index (χ2v) is 9.40. The van der Waals surface area contributed by atoms with Crippen molar-refractivity contribution in [2.24, 2.45) is 5.92 Å². The Balaban J connectivity index is 1.61. The second-order valence-electron chi connectivity index (χ2n) is 9.40. The van der Waals surface area contributed by atoms with E-state index in [0.29, 0.717) is 18.0 Å². The lowest BCUT2D eigenvalue weighted by Gasteiger charge is -2.31. The number of aryl methyl sites for hydroxylation is 1. The van der Waals surface area contributed by atoms with Gasteiger partial charge in [-0.2, -0.15) is 0 Å². The van der Waals surface area contributed by atoms with Crippen LogP contribution in [0.3, 0.4) is 0 Å². The maximum atomic E-state index is 13.6. The Morgan fingerprint density at radius 2 is 1.71 bits per heavy atom. The van der Waals surface area contributed by atoms with E-state index in [1.807, 2.05) is 75.4 Å². The van der Waals surface area contributed by atoms with Crippen molar-refractivity contribution in [3.05, 3.63) is 77.4 Å². The average molecular weight is 458 g/mol. The maximum Gasteiger partial charge on any atom is 0.259 e. The van der Waals surface area contributed by atoms with Gasteiger partial charge in [-0.1, -0.05) is 67.9 Å². The third kappa shape index (κ3) is 4.67. The van der Waals surface area contributed by atoms with Gasteiger partial charge in [0.1, 0.15) is 12.6 Å². The predicted octanol–water partition coefficient (Wildman–Crippen LogP) is 4.30. The fourth-order valence-electron chi connectivity index (χ4n) is 4.40. The van der Waals surface area contributed by atoms with Crippen molar-refractivity contribution in [2.45, 2.75) is 40.3 Å². The van der Waals surface area contributed by atoms with Gasteiger partial charge in [0, 0.05) is 24.0 Å². The summed E-state index contributed by atoms with van der Waals surface area (Å²) in [5.41, 5.74) is 3.36. The Hall–Kier alpha value is -3.67. The monoisotopic (exact) mass is 457 g/mol. The van der Waals surface area contributed by atoms with Gasteiger partial charge < -0.3 is 10.2 Å². The second kappa shape index (κ2) is 9.67. The summed E-state index contributed by atoms with van der Waals surface area (Å²) in [6.45, 7) is 8.49. The molecule has 0 saturated carbocycles. The van der Waals surface area contributed by atoms with Crippen molar-refractivity contribution >= 4 is 34.2 Å². The Morgan fingerprint density at radius 3 is 2.41 bits per heavy atom. The highest BCUT2D eigenvalue weighted by molar-refractivity contribution is 6.26. The van der Waals surface area contributed by atoms with Crippen molar-refractivity contribution in [2.75, 3.05) is 18.0 Å². The molecular weight excluding hydrogens is 426 g/mol. The van der Waals surface area contributed by atoms with Crippen molar-refractivity contribution in [1.82, 2.24) is 10.2 Å². The molecule has 1 aliphatic heterocycles. The number of hydrogen-bond donors (Lipinski definition) is 1. The van der Waals surface area contributed by atoms with Crippen LogP contribution < -0.4 is 10.2 Å². The molecule has 1 atom stereocenters. The number of benzene rings is 3. The number of rotatable bonds is 8. The fraction of sp³-hybridized carbons (Fsp3) is 0.321.